The summed E-state index contributed by atoms with van der Waals surface area (Å²) < 4.78 is 0. The predicted molar refractivity (Wildman–Crippen MR) is 90.3 cm³/mol. The summed E-state index contributed by atoms with van der Waals surface area (Å²) in [6.07, 6.45) is 3.56. The molecule has 1 N–H and O–H groups in total. The number of likely N-dealkylation sites (tertiary alicyclic amines) is 1. The zero-order valence-corrected chi connectivity index (χ0v) is 14.6. The lowest BCUT2D eigenvalue weighted by atomic mass is 9.97. The maximum atomic E-state index is 12.7. The van der Waals surface area contributed by atoms with E-state index in [9.17, 15) is 9.59 Å². The topological polar surface area (TPSA) is 49.4 Å². The van der Waals surface area contributed by atoms with Gasteiger partial charge in [-0.05, 0) is 45.1 Å². The van der Waals surface area contributed by atoms with Crippen molar-refractivity contribution in [3.8, 4) is 0 Å². The van der Waals surface area contributed by atoms with Crippen molar-refractivity contribution >= 4 is 23.2 Å². The normalized spacial score (nSPS) is 18.3. The zero-order chi connectivity index (χ0) is 16.1. The third kappa shape index (κ3) is 4.32. The fourth-order valence-electron chi connectivity index (χ4n) is 3.00. The molecule has 1 aliphatic rings. The summed E-state index contributed by atoms with van der Waals surface area (Å²) >= 11 is 1.68. The highest BCUT2D eigenvalue weighted by Crippen LogP contribution is 2.24. The van der Waals surface area contributed by atoms with E-state index in [1.807, 2.05) is 31.7 Å². The molecule has 22 heavy (non-hydrogen) atoms. The molecule has 2 heterocycles. The summed E-state index contributed by atoms with van der Waals surface area (Å²) in [7, 11) is 0. The number of piperidine rings is 1. The van der Waals surface area contributed by atoms with E-state index in [4.69, 9.17) is 0 Å². The average Bonchev–Trinajstić information content (AvgIpc) is 2.84. The Kier molecular flexibility index (Phi) is 6.00. The molecule has 0 aliphatic carbocycles. The minimum Gasteiger partial charge on any atom is -0.356 e. The van der Waals surface area contributed by atoms with Crippen molar-refractivity contribution in [3.63, 3.8) is 0 Å². The van der Waals surface area contributed by atoms with Gasteiger partial charge in [0.1, 0.15) is 0 Å². The Bertz CT molecular complexity index is 539. The molecule has 4 nitrogen and oxygen atoms in total. The van der Waals surface area contributed by atoms with Gasteiger partial charge >= 0.3 is 0 Å². The number of hydrogen-bond acceptors (Lipinski definition) is 3. The van der Waals surface area contributed by atoms with Gasteiger partial charge in [0, 0.05) is 35.8 Å². The van der Waals surface area contributed by atoms with Crippen molar-refractivity contribution < 1.29 is 9.59 Å². The van der Waals surface area contributed by atoms with Gasteiger partial charge in [0.15, 0.2) is 0 Å². The van der Waals surface area contributed by atoms with Gasteiger partial charge in [-0.1, -0.05) is 6.92 Å². The number of hydrogen-bond donors (Lipinski definition) is 1. The second-order valence-corrected chi connectivity index (χ2v) is 7.60. The van der Waals surface area contributed by atoms with Gasteiger partial charge in [0.05, 0.1) is 5.56 Å². The molecule has 5 heteroatoms. The van der Waals surface area contributed by atoms with Crippen molar-refractivity contribution in [1.29, 1.82) is 0 Å². The molecule has 0 bridgehead atoms. The number of carbonyl (C=O) groups is 2. The number of rotatable bonds is 5. The van der Waals surface area contributed by atoms with E-state index in [2.05, 4.69) is 5.32 Å². The first kappa shape index (κ1) is 17.0. The second-order valence-electron chi connectivity index (χ2n) is 6.14. The number of thiophene rings is 1. The first-order chi connectivity index (χ1) is 10.5. The van der Waals surface area contributed by atoms with Crippen LogP contribution in [-0.4, -0.2) is 36.3 Å². The molecule has 2 amide bonds. The number of aryl methyl sites for hydroxylation is 2. The molecule has 122 valence electrons. The summed E-state index contributed by atoms with van der Waals surface area (Å²) in [4.78, 5) is 28.5. The van der Waals surface area contributed by atoms with Crippen molar-refractivity contribution in [3.05, 3.63) is 21.4 Å². The van der Waals surface area contributed by atoms with Crippen molar-refractivity contribution in [1.82, 2.24) is 10.2 Å². The van der Waals surface area contributed by atoms with Gasteiger partial charge in [-0.25, -0.2) is 0 Å². The Morgan fingerprint density at radius 1 is 1.41 bits per heavy atom. The molecule has 2 rings (SSSR count). The average molecular weight is 322 g/mol. The monoisotopic (exact) mass is 322 g/mol. The minimum absolute atomic E-state index is 0.121. The van der Waals surface area contributed by atoms with Gasteiger partial charge < -0.3 is 10.2 Å². The summed E-state index contributed by atoms with van der Waals surface area (Å²) in [5, 5.41) is 2.99. The quantitative estimate of drug-likeness (QED) is 0.905. The summed E-state index contributed by atoms with van der Waals surface area (Å²) in [5.41, 5.74) is 0.846. The lowest BCUT2D eigenvalue weighted by Gasteiger charge is -2.33. The van der Waals surface area contributed by atoms with E-state index >= 15 is 0 Å². The van der Waals surface area contributed by atoms with Crippen LogP contribution in [0.2, 0.25) is 0 Å². The number of carbonyl (C=O) groups excluding carboxylic acids is 2. The van der Waals surface area contributed by atoms with Crippen LogP contribution in [-0.2, 0) is 4.79 Å². The molecular weight excluding hydrogens is 296 g/mol. The third-order valence-corrected chi connectivity index (χ3v) is 5.11. The molecule has 0 saturated carbocycles. The Morgan fingerprint density at radius 2 is 2.18 bits per heavy atom. The van der Waals surface area contributed by atoms with Crippen LogP contribution < -0.4 is 5.32 Å². The maximum absolute atomic E-state index is 12.7. The van der Waals surface area contributed by atoms with Gasteiger partial charge in [-0.15, -0.1) is 11.3 Å². The first-order valence-corrected chi connectivity index (χ1v) is 8.96. The standard InChI is InChI=1S/C17H26N2O2S/c1-4-6-16(20)18-10-14-7-5-8-19(11-14)17(21)15-9-12(2)22-13(15)3/h9,14H,4-8,10-11H2,1-3H3,(H,18,20)/t14-/m0/s1. The molecule has 0 spiro atoms. The van der Waals surface area contributed by atoms with Crippen molar-refractivity contribution in [2.24, 2.45) is 5.92 Å². The summed E-state index contributed by atoms with van der Waals surface area (Å²) in [6, 6.07) is 2.00. The van der Waals surface area contributed by atoms with E-state index in [0.717, 1.165) is 42.8 Å². The van der Waals surface area contributed by atoms with E-state index in [-0.39, 0.29) is 11.8 Å². The Hall–Kier alpha value is -1.36. The Labute approximate surface area is 136 Å². The van der Waals surface area contributed by atoms with Crippen LogP contribution in [0.3, 0.4) is 0 Å². The van der Waals surface area contributed by atoms with E-state index in [1.54, 1.807) is 11.3 Å². The molecule has 0 aromatic carbocycles. The first-order valence-electron chi connectivity index (χ1n) is 8.14. The molecule has 1 aromatic rings. The highest BCUT2D eigenvalue weighted by Gasteiger charge is 2.26. The van der Waals surface area contributed by atoms with Gasteiger partial charge in [-0.3, -0.25) is 9.59 Å². The predicted octanol–water partition coefficient (Wildman–Crippen LogP) is 3.13. The molecule has 1 fully saturated rings. The molecule has 1 atom stereocenters. The summed E-state index contributed by atoms with van der Waals surface area (Å²) in [6.45, 7) is 8.32. The van der Waals surface area contributed by atoms with Crippen LogP contribution in [0.15, 0.2) is 6.07 Å². The third-order valence-electron chi connectivity index (χ3n) is 4.14. The molecule has 0 unspecified atom stereocenters. The highest BCUT2D eigenvalue weighted by atomic mass is 32.1. The number of nitrogens with one attached hydrogen (secondary N) is 1. The van der Waals surface area contributed by atoms with Crippen molar-refractivity contribution in [2.75, 3.05) is 19.6 Å². The van der Waals surface area contributed by atoms with Crippen LogP contribution in [0.25, 0.3) is 0 Å². The Balaban J connectivity index is 1.91. The Morgan fingerprint density at radius 3 is 2.82 bits per heavy atom. The molecular formula is C17H26N2O2S. The van der Waals surface area contributed by atoms with Gasteiger partial charge in [-0.2, -0.15) is 0 Å². The fraction of sp³-hybridized carbons (Fsp3) is 0.647. The minimum atomic E-state index is 0.121. The number of amides is 2. The van der Waals surface area contributed by atoms with Crippen LogP contribution in [0.5, 0.6) is 0 Å². The van der Waals surface area contributed by atoms with Crippen LogP contribution >= 0.6 is 11.3 Å². The van der Waals surface area contributed by atoms with E-state index < -0.39 is 0 Å². The largest absolute Gasteiger partial charge is 0.356 e. The lowest BCUT2D eigenvalue weighted by molar-refractivity contribution is -0.121. The number of nitrogens with zero attached hydrogens (tertiary/aromatic N) is 1. The van der Waals surface area contributed by atoms with Crippen molar-refractivity contribution in [2.45, 2.75) is 46.5 Å². The van der Waals surface area contributed by atoms with Gasteiger partial charge in [0.25, 0.3) is 5.91 Å². The van der Waals surface area contributed by atoms with E-state index in [0.29, 0.717) is 18.9 Å². The highest BCUT2D eigenvalue weighted by molar-refractivity contribution is 7.12. The fourth-order valence-corrected chi connectivity index (χ4v) is 3.92. The molecule has 1 aromatic heterocycles. The van der Waals surface area contributed by atoms with Crippen LogP contribution in [0, 0.1) is 19.8 Å². The van der Waals surface area contributed by atoms with E-state index in [1.165, 1.54) is 4.88 Å². The lowest BCUT2D eigenvalue weighted by Crippen LogP contribution is -2.43. The summed E-state index contributed by atoms with van der Waals surface area (Å²) in [5.74, 6) is 0.639. The SMILES string of the molecule is CCCC(=O)NC[C@@H]1CCCN(C(=O)c2cc(C)sc2C)C1. The molecule has 1 aliphatic heterocycles. The second kappa shape index (κ2) is 7.77. The van der Waals surface area contributed by atoms with Gasteiger partial charge in [0.2, 0.25) is 5.91 Å². The molecule has 1 saturated heterocycles. The zero-order valence-electron chi connectivity index (χ0n) is 13.8. The maximum Gasteiger partial charge on any atom is 0.254 e. The smallest absolute Gasteiger partial charge is 0.254 e. The van der Waals surface area contributed by atoms with Crippen LogP contribution in [0.1, 0.15) is 52.7 Å². The van der Waals surface area contributed by atoms with Crippen LogP contribution in [0.4, 0.5) is 0 Å². The molecule has 0 radical (unpaired) electrons.